The SMILES string of the molecule is COCCNC(=O)C(c1ccc(C)o1)N(Cc1ccc(F)cc1)C(=O)Cn1nnc2ccccc21. The molecule has 4 rings (SSSR count). The van der Waals surface area contributed by atoms with Gasteiger partial charge in [0.25, 0.3) is 5.91 Å². The van der Waals surface area contributed by atoms with Crippen molar-refractivity contribution in [1.29, 1.82) is 0 Å². The third-order valence-corrected chi connectivity index (χ3v) is 5.49. The Morgan fingerprint density at radius 1 is 1.14 bits per heavy atom. The largest absolute Gasteiger partial charge is 0.464 e. The summed E-state index contributed by atoms with van der Waals surface area (Å²) in [6.45, 7) is 2.23. The summed E-state index contributed by atoms with van der Waals surface area (Å²) in [5.74, 6) is -0.278. The van der Waals surface area contributed by atoms with E-state index < -0.39 is 17.8 Å². The van der Waals surface area contributed by atoms with Crippen LogP contribution in [0.5, 0.6) is 0 Å². The molecule has 2 aromatic heterocycles. The summed E-state index contributed by atoms with van der Waals surface area (Å²) >= 11 is 0. The number of amides is 2. The minimum atomic E-state index is -1.06. The topological polar surface area (TPSA) is 102 Å². The van der Waals surface area contributed by atoms with Crippen molar-refractivity contribution in [3.05, 3.63) is 83.6 Å². The minimum Gasteiger partial charge on any atom is -0.464 e. The maximum atomic E-state index is 13.7. The van der Waals surface area contributed by atoms with Gasteiger partial charge in [-0.25, -0.2) is 9.07 Å². The van der Waals surface area contributed by atoms with Crippen molar-refractivity contribution in [2.45, 2.75) is 26.1 Å². The second-order valence-electron chi connectivity index (χ2n) is 8.02. The highest BCUT2D eigenvalue weighted by atomic mass is 19.1. The number of para-hydroxylation sites is 1. The smallest absolute Gasteiger partial charge is 0.250 e. The van der Waals surface area contributed by atoms with Crippen molar-refractivity contribution in [2.24, 2.45) is 0 Å². The molecule has 9 nitrogen and oxygen atoms in total. The Morgan fingerprint density at radius 2 is 1.91 bits per heavy atom. The molecule has 10 heteroatoms. The molecule has 1 atom stereocenters. The van der Waals surface area contributed by atoms with Crippen molar-refractivity contribution in [3.63, 3.8) is 0 Å². The molecular weight excluding hydrogens is 453 g/mol. The average Bonchev–Trinajstić information content (AvgIpc) is 3.46. The Balaban J connectivity index is 1.70. The maximum absolute atomic E-state index is 13.7. The van der Waals surface area contributed by atoms with E-state index in [2.05, 4.69) is 15.6 Å². The molecule has 0 radical (unpaired) electrons. The van der Waals surface area contributed by atoms with Gasteiger partial charge in [-0.2, -0.15) is 0 Å². The molecule has 0 aliphatic rings. The first-order chi connectivity index (χ1) is 17.0. The van der Waals surface area contributed by atoms with E-state index in [0.717, 1.165) is 0 Å². The fourth-order valence-electron chi connectivity index (χ4n) is 3.76. The summed E-state index contributed by atoms with van der Waals surface area (Å²) in [6.07, 6.45) is 0. The van der Waals surface area contributed by atoms with Gasteiger partial charge in [-0.1, -0.05) is 29.5 Å². The average molecular weight is 480 g/mol. The summed E-state index contributed by atoms with van der Waals surface area (Å²) in [6, 6.07) is 15.4. The normalized spacial score (nSPS) is 12.0. The van der Waals surface area contributed by atoms with Crippen LogP contribution in [0.15, 0.2) is 65.1 Å². The molecule has 35 heavy (non-hydrogen) atoms. The lowest BCUT2D eigenvalue weighted by atomic mass is 10.1. The second kappa shape index (κ2) is 10.9. The number of rotatable bonds is 10. The number of benzene rings is 2. The Hall–Kier alpha value is -4.05. The molecule has 2 heterocycles. The van der Waals surface area contributed by atoms with E-state index in [1.807, 2.05) is 18.2 Å². The van der Waals surface area contributed by atoms with E-state index in [0.29, 0.717) is 34.7 Å². The maximum Gasteiger partial charge on any atom is 0.250 e. The zero-order valence-corrected chi connectivity index (χ0v) is 19.5. The van der Waals surface area contributed by atoms with E-state index in [-0.39, 0.29) is 25.5 Å². The number of halogens is 1. The predicted molar refractivity (Wildman–Crippen MR) is 126 cm³/mol. The number of carbonyl (C=O) groups is 2. The van der Waals surface area contributed by atoms with Gasteiger partial charge in [-0.3, -0.25) is 9.59 Å². The molecule has 2 amide bonds. The first-order valence-corrected chi connectivity index (χ1v) is 11.1. The summed E-state index contributed by atoms with van der Waals surface area (Å²) in [4.78, 5) is 28.4. The molecule has 0 saturated carbocycles. The van der Waals surface area contributed by atoms with Gasteiger partial charge in [0.2, 0.25) is 5.91 Å². The summed E-state index contributed by atoms with van der Waals surface area (Å²) in [7, 11) is 1.53. The van der Waals surface area contributed by atoms with Crippen LogP contribution in [0.1, 0.15) is 23.1 Å². The molecular formula is C25H26FN5O4. The first-order valence-electron chi connectivity index (χ1n) is 11.1. The Labute approximate surface area is 201 Å². The standard InChI is InChI=1S/C25H26FN5O4/c1-17-7-12-22(35-17)24(25(33)27-13-14-34-2)30(15-18-8-10-19(26)11-9-18)23(32)16-31-21-6-4-3-5-20(21)28-29-31/h3-12,24H,13-16H2,1-2H3,(H,27,33). The lowest BCUT2D eigenvalue weighted by molar-refractivity contribution is -0.143. The molecule has 4 aromatic rings. The van der Waals surface area contributed by atoms with E-state index in [9.17, 15) is 14.0 Å². The minimum absolute atomic E-state index is 0.0495. The van der Waals surface area contributed by atoms with Crippen molar-refractivity contribution in [1.82, 2.24) is 25.2 Å². The number of methoxy groups -OCH3 is 1. The van der Waals surface area contributed by atoms with Gasteiger partial charge >= 0.3 is 0 Å². The lowest BCUT2D eigenvalue weighted by Crippen LogP contribution is -2.45. The van der Waals surface area contributed by atoms with Gasteiger partial charge in [0.15, 0.2) is 6.04 Å². The molecule has 1 unspecified atom stereocenters. The van der Waals surface area contributed by atoms with Gasteiger partial charge in [0.05, 0.1) is 12.1 Å². The van der Waals surface area contributed by atoms with Gasteiger partial charge in [-0.15, -0.1) is 5.10 Å². The van der Waals surface area contributed by atoms with Crippen LogP contribution in [0.2, 0.25) is 0 Å². The van der Waals surface area contributed by atoms with Crippen molar-refractivity contribution < 1.29 is 23.1 Å². The Bertz CT molecular complexity index is 1300. The van der Waals surface area contributed by atoms with Gasteiger partial charge < -0.3 is 19.4 Å². The van der Waals surface area contributed by atoms with Crippen molar-refractivity contribution >= 4 is 22.8 Å². The van der Waals surface area contributed by atoms with Gasteiger partial charge in [0, 0.05) is 20.2 Å². The number of nitrogens with one attached hydrogen (secondary N) is 1. The molecule has 1 N–H and O–H groups in total. The molecule has 0 bridgehead atoms. The third-order valence-electron chi connectivity index (χ3n) is 5.49. The van der Waals surface area contributed by atoms with Crippen LogP contribution in [0, 0.1) is 12.7 Å². The number of nitrogens with zero attached hydrogens (tertiary/aromatic N) is 4. The quantitative estimate of drug-likeness (QED) is 0.351. The number of hydrogen-bond acceptors (Lipinski definition) is 6. The van der Waals surface area contributed by atoms with Crippen LogP contribution < -0.4 is 5.32 Å². The number of ether oxygens (including phenoxy) is 1. The van der Waals surface area contributed by atoms with Crippen LogP contribution in [0.3, 0.4) is 0 Å². The molecule has 182 valence electrons. The molecule has 2 aromatic carbocycles. The monoisotopic (exact) mass is 479 g/mol. The molecule has 0 spiro atoms. The number of aryl methyl sites for hydroxylation is 1. The van der Waals surface area contributed by atoms with Crippen molar-refractivity contribution in [3.8, 4) is 0 Å². The van der Waals surface area contributed by atoms with Gasteiger partial charge in [0.1, 0.15) is 29.4 Å². The van der Waals surface area contributed by atoms with E-state index in [1.165, 1.54) is 28.8 Å². The fourth-order valence-corrected chi connectivity index (χ4v) is 3.76. The van der Waals surface area contributed by atoms with Crippen LogP contribution in [0.25, 0.3) is 11.0 Å². The highest BCUT2D eigenvalue weighted by Gasteiger charge is 2.34. The number of aromatic nitrogens is 3. The molecule has 0 aliphatic carbocycles. The predicted octanol–water partition coefficient (Wildman–Crippen LogP) is 3.00. The Morgan fingerprint density at radius 3 is 2.63 bits per heavy atom. The highest BCUT2D eigenvalue weighted by molar-refractivity contribution is 5.88. The fraction of sp³-hybridized carbons (Fsp3) is 0.280. The first kappa shape index (κ1) is 24.1. The second-order valence-corrected chi connectivity index (χ2v) is 8.02. The summed E-state index contributed by atoms with van der Waals surface area (Å²) in [5.41, 5.74) is 2.00. The van der Waals surface area contributed by atoms with E-state index in [1.54, 1.807) is 37.3 Å². The number of furan rings is 1. The lowest BCUT2D eigenvalue weighted by Gasteiger charge is -2.30. The van der Waals surface area contributed by atoms with E-state index >= 15 is 0 Å². The Kier molecular flexibility index (Phi) is 7.51. The number of carbonyl (C=O) groups excluding carboxylic acids is 2. The number of hydrogen-bond donors (Lipinski definition) is 1. The van der Waals surface area contributed by atoms with Crippen LogP contribution in [-0.4, -0.2) is 52.0 Å². The summed E-state index contributed by atoms with van der Waals surface area (Å²) in [5, 5.41) is 11.0. The molecule has 0 saturated heterocycles. The molecule has 0 aliphatic heterocycles. The highest BCUT2D eigenvalue weighted by Crippen LogP contribution is 2.26. The summed E-state index contributed by atoms with van der Waals surface area (Å²) < 4.78 is 25.8. The molecule has 0 fully saturated rings. The van der Waals surface area contributed by atoms with Crippen LogP contribution >= 0.6 is 0 Å². The van der Waals surface area contributed by atoms with E-state index in [4.69, 9.17) is 9.15 Å². The van der Waals surface area contributed by atoms with Crippen molar-refractivity contribution in [2.75, 3.05) is 20.3 Å². The van der Waals surface area contributed by atoms with Crippen LogP contribution in [-0.2, 0) is 27.4 Å². The van der Waals surface area contributed by atoms with Crippen LogP contribution in [0.4, 0.5) is 4.39 Å². The zero-order valence-electron chi connectivity index (χ0n) is 19.5. The third kappa shape index (κ3) is 5.72. The zero-order chi connectivity index (χ0) is 24.8. The number of fused-ring (bicyclic) bond motifs is 1. The van der Waals surface area contributed by atoms with Gasteiger partial charge in [-0.05, 0) is 48.9 Å².